The Morgan fingerprint density at radius 2 is 2.21 bits per heavy atom. The summed E-state index contributed by atoms with van der Waals surface area (Å²) in [7, 11) is 3.39. The van der Waals surface area contributed by atoms with Gasteiger partial charge in [0.15, 0.2) is 23.1 Å². The van der Waals surface area contributed by atoms with Crippen molar-refractivity contribution in [3.63, 3.8) is 0 Å². The molecule has 8 nitrogen and oxygen atoms in total. The smallest absolute Gasteiger partial charge is 0.202 e. The number of oxazole rings is 1. The number of halogens is 1. The second-order valence-corrected chi connectivity index (χ2v) is 10.3. The first-order valence-electron chi connectivity index (χ1n) is 11.4. The van der Waals surface area contributed by atoms with Crippen LogP contribution in [0.5, 0.6) is 5.75 Å². The maximum atomic E-state index is 15.0. The summed E-state index contributed by atoms with van der Waals surface area (Å²) in [6, 6.07) is 3.09. The highest BCUT2D eigenvalue weighted by Crippen LogP contribution is 2.60. The Bertz CT molecular complexity index is 1240. The number of aromatic nitrogens is 4. The zero-order valence-electron chi connectivity index (χ0n) is 19.8. The molecule has 2 fully saturated rings. The molecular weight excluding hydrogens is 457 g/mol. The lowest BCUT2D eigenvalue weighted by molar-refractivity contribution is 0.101. The van der Waals surface area contributed by atoms with Gasteiger partial charge in [-0.3, -0.25) is 4.79 Å². The van der Waals surface area contributed by atoms with Crippen molar-refractivity contribution in [3.8, 4) is 17.3 Å². The minimum Gasteiger partial charge on any atom is -0.496 e. The molecule has 0 amide bonds. The van der Waals surface area contributed by atoms with Crippen molar-refractivity contribution >= 4 is 17.5 Å². The highest BCUT2D eigenvalue weighted by Gasteiger charge is 2.61. The minimum atomic E-state index is -0.276. The first-order chi connectivity index (χ1) is 16.3. The molecule has 1 aromatic carbocycles. The number of Topliss-reactive ketones (excluding diaryl/α,β-unsaturated/α-hetero) is 1. The Labute approximate surface area is 201 Å². The third-order valence-electron chi connectivity index (χ3n) is 7.05. The highest BCUT2D eigenvalue weighted by atomic mass is 32.2. The van der Waals surface area contributed by atoms with Crippen LogP contribution in [0, 0.1) is 18.7 Å². The van der Waals surface area contributed by atoms with Crippen molar-refractivity contribution < 1.29 is 18.3 Å². The Kier molecular flexibility index (Phi) is 5.97. The van der Waals surface area contributed by atoms with Gasteiger partial charge in [-0.15, -0.1) is 10.2 Å². The average molecular weight is 486 g/mol. The maximum absolute atomic E-state index is 15.0. The van der Waals surface area contributed by atoms with Gasteiger partial charge in [-0.05, 0) is 50.8 Å². The van der Waals surface area contributed by atoms with Crippen LogP contribution in [0.25, 0.3) is 11.6 Å². The number of rotatable bonds is 9. The molecule has 0 bridgehead atoms. The van der Waals surface area contributed by atoms with Crippen molar-refractivity contribution in [2.24, 2.45) is 13.0 Å². The molecule has 34 heavy (non-hydrogen) atoms. The summed E-state index contributed by atoms with van der Waals surface area (Å²) in [6.45, 7) is 6.10. The van der Waals surface area contributed by atoms with Crippen molar-refractivity contribution in [1.29, 1.82) is 0 Å². The van der Waals surface area contributed by atoms with E-state index in [0.29, 0.717) is 34.4 Å². The van der Waals surface area contributed by atoms with E-state index in [1.165, 1.54) is 26.5 Å². The fourth-order valence-electron chi connectivity index (χ4n) is 5.16. The summed E-state index contributed by atoms with van der Waals surface area (Å²) < 4.78 is 27.5. The number of piperidine rings is 1. The summed E-state index contributed by atoms with van der Waals surface area (Å²) in [5.74, 6) is 2.58. The van der Waals surface area contributed by atoms with Gasteiger partial charge in [-0.2, -0.15) is 0 Å². The molecule has 3 aromatic rings. The van der Waals surface area contributed by atoms with Crippen molar-refractivity contribution in [3.05, 3.63) is 41.2 Å². The van der Waals surface area contributed by atoms with E-state index in [4.69, 9.17) is 9.15 Å². The van der Waals surface area contributed by atoms with Crippen LogP contribution in [0.1, 0.15) is 41.4 Å². The predicted octanol–water partition coefficient (Wildman–Crippen LogP) is 3.88. The van der Waals surface area contributed by atoms with Gasteiger partial charge in [0, 0.05) is 37.4 Å². The topological polar surface area (TPSA) is 86.3 Å². The van der Waals surface area contributed by atoms with E-state index in [0.717, 1.165) is 49.1 Å². The molecule has 10 heteroatoms. The van der Waals surface area contributed by atoms with Crippen LogP contribution < -0.4 is 4.74 Å². The Morgan fingerprint density at radius 1 is 1.38 bits per heavy atom. The molecular formula is C24H28FN5O3S. The van der Waals surface area contributed by atoms with E-state index in [-0.39, 0.29) is 17.0 Å². The fraction of sp³-hybridized carbons (Fsp3) is 0.500. The number of carbonyl (C=O) groups is 1. The average Bonchev–Trinajstić information content (AvgIpc) is 3.10. The summed E-state index contributed by atoms with van der Waals surface area (Å²) >= 11 is 1.66. The van der Waals surface area contributed by atoms with Gasteiger partial charge in [-0.25, -0.2) is 9.37 Å². The van der Waals surface area contributed by atoms with E-state index >= 15 is 0 Å². The van der Waals surface area contributed by atoms with E-state index in [9.17, 15) is 9.18 Å². The number of methoxy groups -OCH3 is 1. The van der Waals surface area contributed by atoms with E-state index in [1.807, 2.05) is 18.5 Å². The minimum absolute atomic E-state index is 0.107. The molecule has 0 radical (unpaired) electrons. The van der Waals surface area contributed by atoms with Gasteiger partial charge in [-0.1, -0.05) is 11.8 Å². The van der Waals surface area contributed by atoms with Gasteiger partial charge in [0.1, 0.15) is 11.6 Å². The third-order valence-corrected chi connectivity index (χ3v) is 8.16. The fourth-order valence-corrected chi connectivity index (χ4v) is 6.00. The molecule has 0 N–H and O–H groups in total. The van der Waals surface area contributed by atoms with Crippen LogP contribution in [-0.2, 0) is 12.5 Å². The van der Waals surface area contributed by atoms with Crippen LogP contribution >= 0.6 is 11.8 Å². The number of carbonyl (C=O) groups excluding carboxylic acids is 1. The monoisotopic (exact) mass is 485 g/mol. The van der Waals surface area contributed by atoms with Gasteiger partial charge in [0.2, 0.25) is 5.82 Å². The molecule has 2 aliphatic rings. The van der Waals surface area contributed by atoms with Crippen LogP contribution in [-0.4, -0.2) is 62.9 Å². The molecule has 1 saturated heterocycles. The molecule has 0 spiro atoms. The zero-order chi connectivity index (χ0) is 24.0. The van der Waals surface area contributed by atoms with Crippen LogP contribution in [0.3, 0.4) is 0 Å². The SMILES string of the molecule is COc1cc(F)c(C23C[C@@H]2CN(CCCSc2nnc(-c4ocnc4C)n2C)C3)cc1C(C)=O. The third kappa shape index (κ3) is 3.92. The summed E-state index contributed by atoms with van der Waals surface area (Å²) in [6.07, 6.45) is 3.38. The Morgan fingerprint density at radius 3 is 2.91 bits per heavy atom. The first-order valence-corrected chi connectivity index (χ1v) is 12.4. The molecule has 5 rings (SSSR count). The number of hydrogen-bond acceptors (Lipinski definition) is 8. The number of benzene rings is 1. The van der Waals surface area contributed by atoms with Crippen molar-refractivity contribution in [2.45, 2.75) is 37.3 Å². The quantitative estimate of drug-likeness (QED) is 0.256. The van der Waals surface area contributed by atoms with Gasteiger partial charge >= 0.3 is 0 Å². The number of ether oxygens (including phenoxy) is 1. The summed E-state index contributed by atoms with van der Waals surface area (Å²) in [5.41, 5.74) is 1.73. The summed E-state index contributed by atoms with van der Waals surface area (Å²) in [4.78, 5) is 18.6. The van der Waals surface area contributed by atoms with E-state index in [1.54, 1.807) is 17.8 Å². The highest BCUT2D eigenvalue weighted by molar-refractivity contribution is 7.99. The van der Waals surface area contributed by atoms with E-state index < -0.39 is 0 Å². The second kappa shape index (κ2) is 8.81. The molecule has 1 unspecified atom stereocenters. The lowest BCUT2D eigenvalue weighted by Crippen LogP contribution is -2.28. The van der Waals surface area contributed by atoms with Crippen LogP contribution in [0.4, 0.5) is 4.39 Å². The molecule has 180 valence electrons. The number of aryl methyl sites for hydroxylation is 1. The number of likely N-dealkylation sites (tertiary alicyclic amines) is 1. The lowest BCUT2D eigenvalue weighted by atomic mass is 9.91. The first kappa shape index (κ1) is 23.0. The second-order valence-electron chi connectivity index (χ2n) is 9.21. The summed E-state index contributed by atoms with van der Waals surface area (Å²) in [5, 5.41) is 9.38. The number of fused-ring (bicyclic) bond motifs is 1. The molecule has 1 aliphatic heterocycles. The predicted molar refractivity (Wildman–Crippen MR) is 126 cm³/mol. The number of hydrogen-bond donors (Lipinski definition) is 0. The lowest BCUT2D eigenvalue weighted by Gasteiger charge is -2.22. The van der Waals surface area contributed by atoms with Crippen molar-refractivity contribution in [2.75, 3.05) is 32.5 Å². The number of nitrogens with zero attached hydrogens (tertiary/aromatic N) is 5. The van der Waals surface area contributed by atoms with Gasteiger partial charge in [0.25, 0.3) is 0 Å². The van der Waals surface area contributed by atoms with E-state index in [2.05, 4.69) is 20.1 Å². The number of ketones is 1. The zero-order valence-corrected chi connectivity index (χ0v) is 20.6. The molecule has 1 aliphatic carbocycles. The molecule has 2 aromatic heterocycles. The molecule has 1 saturated carbocycles. The Hall–Kier alpha value is -2.72. The van der Waals surface area contributed by atoms with Crippen LogP contribution in [0.2, 0.25) is 0 Å². The van der Waals surface area contributed by atoms with Crippen molar-refractivity contribution in [1.82, 2.24) is 24.6 Å². The maximum Gasteiger partial charge on any atom is 0.202 e. The molecule has 3 heterocycles. The largest absolute Gasteiger partial charge is 0.496 e. The van der Waals surface area contributed by atoms with Gasteiger partial charge in [0.05, 0.1) is 18.4 Å². The number of thioether (sulfide) groups is 1. The standard InChI is InChI=1S/C24H28FN5O3S/c1-14-21(33-13-26-14)22-27-28-23(29(22)3)34-7-5-6-30-11-16-10-24(16,12-30)18-8-17(15(2)31)20(32-4)9-19(18)25/h8-9,13,16H,5-7,10-12H2,1-4H3/t16-,24?/m1/s1. The van der Waals surface area contributed by atoms with Gasteiger partial charge < -0.3 is 18.6 Å². The van der Waals surface area contributed by atoms with Crippen LogP contribution in [0.15, 0.2) is 28.1 Å². The Balaban J connectivity index is 1.18. The molecule has 2 atom stereocenters. The normalized spacial score (nSPS) is 21.6.